The average molecular weight is 357 g/mol. The van der Waals surface area contributed by atoms with E-state index in [4.69, 9.17) is 4.74 Å². The lowest BCUT2D eigenvalue weighted by molar-refractivity contribution is -0.0328. The second-order valence-electron chi connectivity index (χ2n) is 3.62. The molecule has 1 rings (SSSR count). The molecule has 0 bridgehead atoms. The zero-order valence-electron chi connectivity index (χ0n) is 10.3. The van der Waals surface area contributed by atoms with Crippen molar-refractivity contribution in [3.05, 3.63) is 23.8 Å². The van der Waals surface area contributed by atoms with Gasteiger partial charge in [0, 0.05) is 10.5 Å². The number of ketones is 1. The van der Waals surface area contributed by atoms with Gasteiger partial charge in [0.1, 0.15) is 5.75 Å². The van der Waals surface area contributed by atoms with E-state index in [9.17, 15) is 18.0 Å². The standard InChI is InChI=1S/C12H12BrF3O2S/c1-3-18-8-4-5-9(11(17)7(2)13)10(6-8)19-12(14,15)16/h4-7H,3H2,1-2H3. The number of hydrogen-bond donors (Lipinski definition) is 0. The average Bonchev–Trinajstić information content (AvgIpc) is 2.26. The van der Waals surface area contributed by atoms with E-state index >= 15 is 0 Å². The Kier molecular flexibility index (Phi) is 5.73. The van der Waals surface area contributed by atoms with Gasteiger partial charge in [-0.15, -0.1) is 0 Å². The Balaban J connectivity index is 3.18. The van der Waals surface area contributed by atoms with E-state index in [-0.39, 0.29) is 22.2 Å². The van der Waals surface area contributed by atoms with Crippen LogP contribution in [0.1, 0.15) is 24.2 Å². The lowest BCUT2D eigenvalue weighted by Gasteiger charge is -2.13. The molecule has 1 unspecified atom stereocenters. The van der Waals surface area contributed by atoms with Crippen LogP contribution in [0.25, 0.3) is 0 Å². The topological polar surface area (TPSA) is 26.3 Å². The summed E-state index contributed by atoms with van der Waals surface area (Å²) in [5.41, 5.74) is -4.41. The number of Topliss-reactive ketones (excluding diaryl/α,β-unsaturated/α-hetero) is 1. The summed E-state index contributed by atoms with van der Waals surface area (Å²) in [6, 6.07) is 4.09. The van der Waals surface area contributed by atoms with Crippen LogP contribution >= 0.6 is 27.7 Å². The van der Waals surface area contributed by atoms with Crippen molar-refractivity contribution in [1.29, 1.82) is 0 Å². The summed E-state index contributed by atoms with van der Waals surface area (Å²) in [5, 5.41) is 0. The zero-order chi connectivity index (χ0) is 14.6. The number of alkyl halides is 4. The first-order chi connectivity index (χ1) is 8.74. The largest absolute Gasteiger partial charge is 0.494 e. The van der Waals surface area contributed by atoms with E-state index in [0.29, 0.717) is 12.4 Å². The SMILES string of the molecule is CCOc1ccc(C(=O)C(C)Br)c(SC(F)(F)F)c1. The third kappa shape index (κ3) is 5.06. The highest BCUT2D eigenvalue weighted by Gasteiger charge is 2.32. The summed E-state index contributed by atoms with van der Waals surface area (Å²) in [7, 11) is 0. The number of carbonyl (C=O) groups is 1. The Hall–Kier alpha value is -0.690. The molecule has 0 spiro atoms. The van der Waals surface area contributed by atoms with Gasteiger partial charge in [0.25, 0.3) is 0 Å². The zero-order valence-corrected chi connectivity index (χ0v) is 12.7. The van der Waals surface area contributed by atoms with Crippen molar-refractivity contribution in [1.82, 2.24) is 0 Å². The maximum absolute atomic E-state index is 12.5. The summed E-state index contributed by atoms with van der Waals surface area (Å²) in [5.74, 6) is -0.0807. The van der Waals surface area contributed by atoms with Crippen LogP contribution in [0.3, 0.4) is 0 Å². The molecule has 7 heteroatoms. The minimum atomic E-state index is -4.45. The van der Waals surface area contributed by atoms with Gasteiger partial charge in [-0.25, -0.2) is 0 Å². The molecular formula is C12H12BrF3O2S. The van der Waals surface area contributed by atoms with Crippen LogP contribution in [0.4, 0.5) is 13.2 Å². The van der Waals surface area contributed by atoms with Crippen molar-refractivity contribution in [3.8, 4) is 5.75 Å². The lowest BCUT2D eigenvalue weighted by Crippen LogP contribution is -2.12. The molecule has 2 nitrogen and oxygen atoms in total. The molecule has 106 valence electrons. The van der Waals surface area contributed by atoms with E-state index in [1.54, 1.807) is 13.8 Å². The Labute approximate surface area is 121 Å². The molecular weight excluding hydrogens is 345 g/mol. The lowest BCUT2D eigenvalue weighted by atomic mass is 10.1. The van der Waals surface area contributed by atoms with Crippen LogP contribution in [0.15, 0.2) is 23.1 Å². The molecule has 0 aliphatic carbocycles. The van der Waals surface area contributed by atoms with Crippen molar-refractivity contribution in [2.24, 2.45) is 0 Å². The van der Waals surface area contributed by atoms with Crippen molar-refractivity contribution in [2.75, 3.05) is 6.61 Å². The van der Waals surface area contributed by atoms with E-state index in [2.05, 4.69) is 15.9 Å². The third-order valence-electron chi connectivity index (χ3n) is 2.12. The van der Waals surface area contributed by atoms with E-state index in [1.807, 2.05) is 0 Å². The summed E-state index contributed by atoms with van der Waals surface area (Å²) < 4.78 is 42.7. The molecule has 0 amide bonds. The van der Waals surface area contributed by atoms with E-state index < -0.39 is 16.1 Å². The number of halogens is 4. The fourth-order valence-electron chi connectivity index (χ4n) is 1.39. The second-order valence-corrected chi connectivity index (χ2v) is 6.10. The number of rotatable bonds is 5. The second kappa shape index (κ2) is 6.65. The van der Waals surface area contributed by atoms with Gasteiger partial charge >= 0.3 is 5.51 Å². The number of ether oxygens (including phenoxy) is 1. The maximum Gasteiger partial charge on any atom is 0.446 e. The van der Waals surface area contributed by atoms with Gasteiger partial charge in [0.05, 0.1) is 11.4 Å². The Morgan fingerprint density at radius 1 is 1.47 bits per heavy atom. The summed E-state index contributed by atoms with van der Waals surface area (Å²) >= 11 is 2.76. The number of carbonyl (C=O) groups excluding carboxylic acids is 1. The van der Waals surface area contributed by atoms with Gasteiger partial charge in [0.15, 0.2) is 5.78 Å². The van der Waals surface area contributed by atoms with Crippen LogP contribution in [0, 0.1) is 0 Å². The number of thioether (sulfide) groups is 1. The van der Waals surface area contributed by atoms with Crippen LogP contribution in [0.2, 0.25) is 0 Å². The molecule has 0 saturated carbocycles. The minimum absolute atomic E-state index is 0.0372. The molecule has 0 N–H and O–H groups in total. The van der Waals surface area contributed by atoms with Gasteiger partial charge in [0.2, 0.25) is 0 Å². The third-order valence-corrected chi connectivity index (χ3v) is 3.32. The molecule has 0 saturated heterocycles. The van der Waals surface area contributed by atoms with Gasteiger partial charge in [-0.1, -0.05) is 15.9 Å². The highest BCUT2D eigenvalue weighted by Crippen LogP contribution is 2.40. The molecule has 0 heterocycles. The molecule has 0 aliphatic heterocycles. The molecule has 0 aliphatic rings. The van der Waals surface area contributed by atoms with Gasteiger partial charge in [-0.05, 0) is 43.8 Å². The fraction of sp³-hybridized carbons (Fsp3) is 0.417. The molecule has 1 aromatic carbocycles. The highest BCUT2D eigenvalue weighted by molar-refractivity contribution is 9.10. The van der Waals surface area contributed by atoms with Crippen LogP contribution in [-0.2, 0) is 0 Å². The summed E-state index contributed by atoms with van der Waals surface area (Å²) in [6.45, 7) is 3.65. The van der Waals surface area contributed by atoms with Crippen molar-refractivity contribution >= 4 is 33.5 Å². The smallest absolute Gasteiger partial charge is 0.446 e. The number of hydrogen-bond acceptors (Lipinski definition) is 3. The number of benzene rings is 1. The molecule has 1 atom stereocenters. The molecule has 0 fully saturated rings. The Morgan fingerprint density at radius 2 is 2.11 bits per heavy atom. The van der Waals surface area contributed by atoms with Gasteiger partial charge in [-0.2, -0.15) is 13.2 Å². The minimum Gasteiger partial charge on any atom is -0.494 e. The van der Waals surface area contributed by atoms with Crippen molar-refractivity contribution in [2.45, 2.75) is 29.1 Å². The summed E-state index contributed by atoms with van der Waals surface area (Å²) in [4.78, 5) is 11.2. The van der Waals surface area contributed by atoms with Crippen molar-refractivity contribution < 1.29 is 22.7 Å². The van der Waals surface area contributed by atoms with Crippen LogP contribution in [-0.4, -0.2) is 22.7 Å². The molecule has 19 heavy (non-hydrogen) atoms. The predicted octanol–water partition coefficient (Wildman–Crippen LogP) is 4.66. The molecule has 0 aromatic heterocycles. The highest BCUT2D eigenvalue weighted by atomic mass is 79.9. The first-order valence-corrected chi connectivity index (χ1v) is 7.18. The van der Waals surface area contributed by atoms with Crippen LogP contribution in [0.5, 0.6) is 5.75 Å². The Morgan fingerprint density at radius 3 is 2.58 bits per heavy atom. The Bertz CT molecular complexity index is 461. The fourth-order valence-corrected chi connectivity index (χ4v) is 2.34. The van der Waals surface area contributed by atoms with E-state index in [1.165, 1.54) is 18.2 Å². The summed E-state index contributed by atoms with van der Waals surface area (Å²) in [6.07, 6.45) is 0. The first kappa shape index (κ1) is 16.4. The molecule has 1 aromatic rings. The van der Waals surface area contributed by atoms with Crippen LogP contribution < -0.4 is 4.74 Å². The molecule has 0 radical (unpaired) electrons. The monoisotopic (exact) mass is 356 g/mol. The van der Waals surface area contributed by atoms with Crippen molar-refractivity contribution in [3.63, 3.8) is 0 Å². The maximum atomic E-state index is 12.5. The normalized spacial score (nSPS) is 13.2. The quantitative estimate of drug-likeness (QED) is 0.436. The predicted molar refractivity (Wildman–Crippen MR) is 72.2 cm³/mol. The van der Waals surface area contributed by atoms with E-state index in [0.717, 1.165) is 0 Å². The van der Waals surface area contributed by atoms with Gasteiger partial charge < -0.3 is 4.74 Å². The van der Waals surface area contributed by atoms with Gasteiger partial charge in [-0.3, -0.25) is 4.79 Å². The first-order valence-electron chi connectivity index (χ1n) is 5.45.